The number of aryl methyl sites for hydroxylation is 2. The second kappa shape index (κ2) is 5.88. The zero-order valence-corrected chi connectivity index (χ0v) is 11.6. The zero-order chi connectivity index (χ0) is 13.8. The van der Waals surface area contributed by atoms with Crippen LogP contribution in [0.5, 0.6) is 0 Å². The number of rotatable bonds is 2. The Morgan fingerprint density at radius 1 is 1.32 bits per heavy atom. The van der Waals surface area contributed by atoms with E-state index in [0.29, 0.717) is 6.42 Å². The van der Waals surface area contributed by atoms with Gasteiger partial charge in [0, 0.05) is 19.0 Å². The fourth-order valence-electron chi connectivity index (χ4n) is 2.46. The third-order valence-electron chi connectivity index (χ3n) is 3.96. The van der Waals surface area contributed by atoms with Gasteiger partial charge in [-0.1, -0.05) is 18.2 Å². The Morgan fingerprint density at radius 2 is 2.00 bits per heavy atom. The molecule has 1 heterocycles. The minimum Gasteiger partial charge on any atom is -0.342 e. The van der Waals surface area contributed by atoms with Gasteiger partial charge in [0.05, 0.1) is 12.5 Å². The van der Waals surface area contributed by atoms with Crippen LogP contribution in [0.2, 0.25) is 0 Å². The maximum Gasteiger partial charge on any atom is 0.226 e. The number of nitriles is 1. The molecule has 0 N–H and O–H groups in total. The Labute approximate surface area is 114 Å². The minimum absolute atomic E-state index is 0.130. The van der Waals surface area contributed by atoms with E-state index in [4.69, 9.17) is 5.26 Å². The molecule has 2 rings (SSSR count). The van der Waals surface area contributed by atoms with E-state index in [-0.39, 0.29) is 11.8 Å². The summed E-state index contributed by atoms with van der Waals surface area (Å²) in [5.41, 5.74) is 3.56. The summed E-state index contributed by atoms with van der Waals surface area (Å²) in [5.74, 6) is 0.310. The lowest BCUT2D eigenvalue weighted by Crippen LogP contribution is -2.39. The van der Waals surface area contributed by atoms with Crippen LogP contribution in [0, 0.1) is 31.1 Å². The summed E-state index contributed by atoms with van der Waals surface area (Å²) in [6.07, 6.45) is 2.10. The van der Waals surface area contributed by atoms with Crippen LogP contribution >= 0.6 is 0 Å². The molecule has 0 radical (unpaired) electrons. The van der Waals surface area contributed by atoms with Crippen molar-refractivity contribution in [3.05, 3.63) is 34.9 Å². The van der Waals surface area contributed by atoms with Crippen molar-refractivity contribution in [2.45, 2.75) is 33.1 Å². The van der Waals surface area contributed by atoms with E-state index in [0.717, 1.165) is 31.5 Å². The van der Waals surface area contributed by atoms with Gasteiger partial charge in [-0.2, -0.15) is 5.26 Å². The SMILES string of the molecule is Cc1ccc(CC(=O)N2CCC(C#N)CC2)cc1C. The number of hydrogen-bond donors (Lipinski definition) is 0. The molecule has 0 spiro atoms. The molecule has 3 nitrogen and oxygen atoms in total. The summed E-state index contributed by atoms with van der Waals surface area (Å²) in [5, 5.41) is 8.85. The average molecular weight is 256 g/mol. The zero-order valence-electron chi connectivity index (χ0n) is 11.6. The number of hydrogen-bond acceptors (Lipinski definition) is 2. The molecule has 1 saturated heterocycles. The molecule has 0 bridgehead atoms. The molecule has 0 saturated carbocycles. The molecule has 1 amide bonds. The Balaban J connectivity index is 1.94. The normalized spacial score (nSPS) is 16.2. The summed E-state index contributed by atoms with van der Waals surface area (Å²) >= 11 is 0. The van der Waals surface area contributed by atoms with E-state index in [1.54, 1.807) is 0 Å². The monoisotopic (exact) mass is 256 g/mol. The first-order valence-electron chi connectivity index (χ1n) is 6.83. The molecule has 0 atom stereocenters. The maximum absolute atomic E-state index is 12.2. The van der Waals surface area contributed by atoms with E-state index >= 15 is 0 Å². The number of likely N-dealkylation sites (tertiary alicyclic amines) is 1. The van der Waals surface area contributed by atoms with Crippen LogP contribution in [-0.4, -0.2) is 23.9 Å². The highest BCUT2D eigenvalue weighted by molar-refractivity contribution is 5.79. The number of benzene rings is 1. The van der Waals surface area contributed by atoms with Crippen molar-refractivity contribution < 1.29 is 4.79 Å². The van der Waals surface area contributed by atoms with Crippen LogP contribution in [-0.2, 0) is 11.2 Å². The maximum atomic E-state index is 12.2. The smallest absolute Gasteiger partial charge is 0.226 e. The first-order valence-corrected chi connectivity index (χ1v) is 6.83. The van der Waals surface area contributed by atoms with Crippen LogP contribution in [0.1, 0.15) is 29.5 Å². The predicted octanol–water partition coefficient (Wildman–Crippen LogP) is 2.61. The van der Waals surface area contributed by atoms with E-state index in [1.807, 2.05) is 11.0 Å². The summed E-state index contributed by atoms with van der Waals surface area (Å²) < 4.78 is 0. The van der Waals surface area contributed by atoms with Gasteiger partial charge in [-0.3, -0.25) is 4.79 Å². The minimum atomic E-state index is 0.130. The molecule has 1 fully saturated rings. The summed E-state index contributed by atoms with van der Waals surface area (Å²) in [6.45, 7) is 5.60. The van der Waals surface area contributed by atoms with Crippen molar-refractivity contribution in [2.75, 3.05) is 13.1 Å². The number of carbonyl (C=O) groups excluding carboxylic acids is 1. The largest absolute Gasteiger partial charge is 0.342 e. The van der Waals surface area contributed by atoms with Crippen LogP contribution < -0.4 is 0 Å². The molecular weight excluding hydrogens is 236 g/mol. The van der Waals surface area contributed by atoms with Crippen molar-refractivity contribution in [1.29, 1.82) is 5.26 Å². The predicted molar refractivity (Wildman–Crippen MR) is 74.5 cm³/mol. The lowest BCUT2D eigenvalue weighted by Gasteiger charge is -2.29. The van der Waals surface area contributed by atoms with Crippen LogP contribution in [0.3, 0.4) is 0 Å². The third kappa shape index (κ3) is 3.35. The molecule has 0 aromatic heterocycles. The summed E-state index contributed by atoms with van der Waals surface area (Å²) in [6, 6.07) is 8.48. The van der Waals surface area contributed by atoms with Gasteiger partial charge in [0.15, 0.2) is 0 Å². The molecule has 1 aromatic rings. The van der Waals surface area contributed by atoms with Gasteiger partial charge in [-0.15, -0.1) is 0 Å². The molecule has 0 unspecified atom stereocenters. The van der Waals surface area contributed by atoms with Crippen molar-refractivity contribution >= 4 is 5.91 Å². The van der Waals surface area contributed by atoms with Crippen molar-refractivity contribution in [2.24, 2.45) is 5.92 Å². The van der Waals surface area contributed by atoms with Crippen LogP contribution in [0.4, 0.5) is 0 Å². The molecule has 1 aliphatic rings. The van der Waals surface area contributed by atoms with Crippen LogP contribution in [0.15, 0.2) is 18.2 Å². The van der Waals surface area contributed by atoms with Crippen molar-refractivity contribution in [3.8, 4) is 6.07 Å². The Bertz CT molecular complexity index is 508. The molecule has 3 heteroatoms. The Kier molecular flexibility index (Phi) is 4.21. The van der Waals surface area contributed by atoms with Gasteiger partial charge in [-0.25, -0.2) is 0 Å². The van der Waals surface area contributed by atoms with Gasteiger partial charge >= 0.3 is 0 Å². The van der Waals surface area contributed by atoms with Crippen LogP contribution in [0.25, 0.3) is 0 Å². The summed E-state index contributed by atoms with van der Waals surface area (Å²) in [4.78, 5) is 14.1. The lowest BCUT2D eigenvalue weighted by molar-refractivity contribution is -0.131. The third-order valence-corrected chi connectivity index (χ3v) is 3.96. The van der Waals surface area contributed by atoms with Gasteiger partial charge in [-0.05, 0) is 43.4 Å². The molecule has 0 aliphatic carbocycles. The second-order valence-electron chi connectivity index (χ2n) is 5.38. The van der Waals surface area contributed by atoms with E-state index in [1.165, 1.54) is 11.1 Å². The first-order chi connectivity index (χ1) is 9.10. The Hall–Kier alpha value is -1.82. The number of piperidine rings is 1. The molecule has 1 aromatic carbocycles. The van der Waals surface area contributed by atoms with Gasteiger partial charge in [0.25, 0.3) is 0 Å². The Morgan fingerprint density at radius 3 is 2.58 bits per heavy atom. The molecular formula is C16H20N2O. The molecule has 1 aliphatic heterocycles. The van der Waals surface area contributed by atoms with E-state index in [9.17, 15) is 4.79 Å². The summed E-state index contributed by atoms with van der Waals surface area (Å²) in [7, 11) is 0. The highest BCUT2D eigenvalue weighted by Gasteiger charge is 2.22. The number of amides is 1. The van der Waals surface area contributed by atoms with Gasteiger partial charge < -0.3 is 4.90 Å². The highest BCUT2D eigenvalue weighted by atomic mass is 16.2. The van der Waals surface area contributed by atoms with Crippen molar-refractivity contribution in [3.63, 3.8) is 0 Å². The van der Waals surface area contributed by atoms with Gasteiger partial charge in [0.2, 0.25) is 5.91 Å². The first kappa shape index (κ1) is 13.6. The average Bonchev–Trinajstić information content (AvgIpc) is 2.43. The van der Waals surface area contributed by atoms with E-state index < -0.39 is 0 Å². The van der Waals surface area contributed by atoms with E-state index in [2.05, 4.69) is 32.0 Å². The topological polar surface area (TPSA) is 44.1 Å². The number of carbonyl (C=O) groups is 1. The standard InChI is InChI=1S/C16H20N2O/c1-12-3-4-15(9-13(12)2)10-16(19)18-7-5-14(11-17)6-8-18/h3-4,9,14H,5-8,10H2,1-2H3. The quantitative estimate of drug-likeness (QED) is 0.816. The van der Waals surface area contributed by atoms with Crippen molar-refractivity contribution in [1.82, 2.24) is 4.90 Å². The fraction of sp³-hybridized carbons (Fsp3) is 0.500. The highest BCUT2D eigenvalue weighted by Crippen LogP contribution is 2.17. The lowest BCUT2D eigenvalue weighted by atomic mass is 9.97. The fourth-order valence-corrected chi connectivity index (χ4v) is 2.46. The molecule has 100 valence electrons. The second-order valence-corrected chi connectivity index (χ2v) is 5.38. The molecule has 19 heavy (non-hydrogen) atoms. The van der Waals surface area contributed by atoms with Gasteiger partial charge in [0.1, 0.15) is 0 Å². The number of nitrogens with zero attached hydrogens (tertiary/aromatic N) is 2.